The molecule has 0 spiro atoms. The Hall–Kier alpha value is -1.31. The summed E-state index contributed by atoms with van der Waals surface area (Å²) in [6.45, 7) is 2.21. The molecule has 176 valence electrons. The Labute approximate surface area is 234 Å². The average molecular weight is 583 g/mol. The molecule has 34 heavy (non-hydrogen) atoms. The molecule has 4 heteroatoms. The zero-order valence-electron chi connectivity index (χ0n) is 19.7. The van der Waals surface area contributed by atoms with Gasteiger partial charge in [-0.15, -0.1) is 29.7 Å². The third kappa shape index (κ3) is 10.1. The van der Waals surface area contributed by atoms with Gasteiger partial charge in [0.15, 0.2) is 0 Å². The zero-order chi connectivity index (χ0) is 22.4. The predicted molar refractivity (Wildman–Crippen MR) is 139 cm³/mol. The van der Waals surface area contributed by atoms with Gasteiger partial charge in [0.05, 0.1) is 0 Å². The van der Waals surface area contributed by atoms with Crippen molar-refractivity contribution in [2.24, 2.45) is 0 Å². The van der Waals surface area contributed by atoms with Gasteiger partial charge in [-0.2, -0.15) is 30.4 Å². The molecule has 0 heterocycles. The second-order valence-electron chi connectivity index (χ2n) is 7.92. The second-order valence-corrected chi connectivity index (χ2v) is 11.7. The van der Waals surface area contributed by atoms with Gasteiger partial charge < -0.3 is 31.2 Å². The first kappa shape index (κ1) is 30.7. The first-order chi connectivity index (χ1) is 15.8. The molecule has 4 aromatic carbocycles. The van der Waals surface area contributed by atoms with Crippen molar-refractivity contribution in [1.29, 1.82) is 0 Å². The van der Waals surface area contributed by atoms with Gasteiger partial charge in [-0.25, -0.2) is 0 Å². The average Bonchev–Trinajstić information content (AvgIpc) is 3.48. The van der Waals surface area contributed by atoms with Gasteiger partial charge in [-0.3, -0.25) is 0 Å². The molecule has 5 rings (SSSR count). The van der Waals surface area contributed by atoms with Crippen molar-refractivity contribution < 1.29 is 48.1 Å². The number of rotatable bonds is 6. The number of benzene rings is 3. The molecule has 0 amide bonds. The third-order valence-corrected chi connectivity index (χ3v) is 7.78. The molecule has 0 saturated carbocycles. The summed E-state index contributed by atoms with van der Waals surface area (Å²) in [6, 6.07) is 35.4. The molecule has 1 aliphatic carbocycles. The molecular weight excluding hydrogens is 551 g/mol. The van der Waals surface area contributed by atoms with Crippen molar-refractivity contribution in [2.75, 3.05) is 0 Å². The van der Waals surface area contributed by atoms with Gasteiger partial charge in [0, 0.05) is 5.92 Å². The van der Waals surface area contributed by atoms with E-state index in [9.17, 15) is 0 Å². The molecule has 4 aromatic rings. The summed E-state index contributed by atoms with van der Waals surface area (Å²) in [5.74, 6) is 0.661. The minimum atomic E-state index is 0. The maximum absolute atomic E-state index is 2.37. The van der Waals surface area contributed by atoms with E-state index in [-0.39, 0.29) is 24.8 Å². The molecule has 1 aliphatic rings. The van der Waals surface area contributed by atoms with Gasteiger partial charge in [0.1, 0.15) is 0 Å². The van der Waals surface area contributed by atoms with Crippen molar-refractivity contribution in [1.82, 2.24) is 0 Å². The van der Waals surface area contributed by atoms with Crippen LogP contribution in [0.2, 0.25) is 0 Å². The van der Waals surface area contributed by atoms with Crippen LogP contribution in [-0.2, 0) is 29.4 Å². The summed E-state index contributed by atoms with van der Waals surface area (Å²) < 4.78 is 0. The Bertz CT molecular complexity index is 1070. The summed E-state index contributed by atoms with van der Waals surface area (Å²) >= 11 is 1.72. The van der Waals surface area contributed by atoms with E-state index in [4.69, 9.17) is 0 Å². The van der Waals surface area contributed by atoms with Crippen LogP contribution in [0, 0.1) is 6.42 Å². The predicted octanol–water partition coefficient (Wildman–Crippen LogP) is 1.84. The SMILES string of the molecule is CC[CH-]CCC1C=Cc2ccccc21.[Cl-].[Cl-].[Zr+2]=[SiH]Cc1ccccc1.c1ccc2[cH-]ccc2c1. The molecule has 0 aromatic heterocycles. The van der Waals surface area contributed by atoms with E-state index in [1.54, 1.807) is 23.3 Å². The van der Waals surface area contributed by atoms with E-state index in [0.717, 1.165) is 0 Å². The Morgan fingerprint density at radius 3 is 2.32 bits per heavy atom. The van der Waals surface area contributed by atoms with Crippen LogP contribution >= 0.6 is 0 Å². The maximum atomic E-state index is 2.37. The van der Waals surface area contributed by atoms with Crippen LogP contribution in [0.3, 0.4) is 0 Å². The van der Waals surface area contributed by atoms with Gasteiger partial charge in [-0.05, 0) is 11.1 Å². The molecule has 0 saturated heterocycles. The molecule has 0 nitrogen and oxygen atoms in total. The van der Waals surface area contributed by atoms with Crippen molar-refractivity contribution in [2.45, 2.75) is 38.1 Å². The second kappa shape index (κ2) is 18.0. The van der Waals surface area contributed by atoms with E-state index in [1.807, 2.05) is 0 Å². The standard InChI is InChI=1S/C14H17.C9H7.C7H8Si.2ClH.Zr/c1-2-3-4-7-12-10-11-13-8-5-6-9-14(12)13;1-2-5-9-7-3-6-8(9)4-1;8-6-7-4-2-1-3-5-7;;;/h3,5-6,8-12H,2,4,7H2,1H3;1-7H;1-5,8H,6H2;2*1H;/q2*-1;;;;+2/p-2. The Balaban J connectivity index is 0.000000257. The summed E-state index contributed by atoms with van der Waals surface area (Å²) in [6.07, 6.45) is 11.4. The number of unbranched alkanes of at least 4 members (excludes halogenated alkanes) is 2. The van der Waals surface area contributed by atoms with Crippen molar-refractivity contribution in [3.8, 4) is 0 Å². The van der Waals surface area contributed by atoms with Crippen LogP contribution in [0.1, 0.15) is 48.8 Å². The Morgan fingerprint density at radius 1 is 0.882 bits per heavy atom. The van der Waals surface area contributed by atoms with E-state index >= 15 is 0 Å². The van der Waals surface area contributed by atoms with E-state index in [2.05, 4.69) is 123 Å². The molecule has 1 atom stereocenters. The van der Waals surface area contributed by atoms with E-state index < -0.39 is 0 Å². The van der Waals surface area contributed by atoms with Crippen LogP contribution in [0.5, 0.6) is 0 Å². The minimum Gasteiger partial charge on any atom is -0.168 e. The number of hydrogen-bond acceptors (Lipinski definition) is 0. The van der Waals surface area contributed by atoms with Gasteiger partial charge in [-0.1, -0.05) is 55.8 Å². The quantitative estimate of drug-likeness (QED) is 0.185. The van der Waals surface area contributed by atoms with Gasteiger partial charge in [0.25, 0.3) is 0 Å². The fourth-order valence-corrected chi connectivity index (χ4v) is 6.12. The molecule has 0 radical (unpaired) electrons. The van der Waals surface area contributed by atoms with Crippen LogP contribution in [-0.4, -0.2) is 6.16 Å². The maximum Gasteiger partial charge on any atom is -0.0809 e. The summed E-state index contributed by atoms with van der Waals surface area (Å²) in [5, 5.41) is 2.66. The monoisotopic (exact) mass is 580 g/mol. The van der Waals surface area contributed by atoms with Crippen molar-refractivity contribution >= 4 is 23.0 Å². The zero-order valence-corrected chi connectivity index (χ0v) is 24.8. The summed E-state index contributed by atoms with van der Waals surface area (Å²) in [5.41, 5.74) is 4.43. The molecule has 0 aliphatic heterocycles. The van der Waals surface area contributed by atoms with E-state index in [1.165, 1.54) is 52.8 Å². The number of hydrogen-bond donors (Lipinski definition) is 0. The third-order valence-electron chi connectivity index (χ3n) is 5.60. The fraction of sp³-hybridized carbons (Fsp3) is 0.200. The van der Waals surface area contributed by atoms with Gasteiger partial charge in [0.2, 0.25) is 0 Å². The number of allylic oxidation sites excluding steroid dienone is 1. The van der Waals surface area contributed by atoms with E-state index in [0.29, 0.717) is 12.1 Å². The molecular formula is C30H32Cl2SiZr-2. The molecule has 0 fully saturated rings. The minimum absolute atomic E-state index is 0. The smallest absolute Gasteiger partial charge is 0.0809 e. The normalized spacial score (nSPS) is 12.7. The topological polar surface area (TPSA) is 0 Å². The number of fused-ring (bicyclic) bond motifs is 2. The first-order valence-electron chi connectivity index (χ1n) is 11.5. The van der Waals surface area contributed by atoms with Crippen LogP contribution < -0.4 is 24.8 Å². The van der Waals surface area contributed by atoms with Gasteiger partial charge >= 0.3 is 71.4 Å². The van der Waals surface area contributed by atoms with Crippen LogP contribution in [0.25, 0.3) is 16.8 Å². The number of halogens is 2. The summed E-state index contributed by atoms with van der Waals surface area (Å²) in [4.78, 5) is 0. The largest absolute Gasteiger partial charge is 0.168 e. The van der Waals surface area contributed by atoms with Crippen molar-refractivity contribution in [3.05, 3.63) is 126 Å². The molecule has 0 bridgehead atoms. The molecule has 0 N–H and O–H groups in total. The fourth-order valence-electron chi connectivity index (χ4n) is 3.88. The van der Waals surface area contributed by atoms with Crippen LogP contribution in [0.4, 0.5) is 0 Å². The molecule has 1 unspecified atom stereocenters. The first-order valence-corrected chi connectivity index (χ1v) is 17.2. The van der Waals surface area contributed by atoms with Crippen molar-refractivity contribution in [3.63, 3.8) is 0 Å². The summed E-state index contributed by atoms with van der Waals surface area (Å²) in [7, 11) is 0. The Morgan fingerprint density at radius 2 is 1.59 bits per heavy atom. The van der Waals surface area contributed by atoms with Crippen LogP contribution in [0.15, 0.2) is 103 Å². The Kier molecular flexibility index (Phi) is 16.3.